The number of ether oxygens (including phenoxy) is 1. The van der Waals surface area contributed by atoms with Crippen LogP contribution >= 0.6 is 0 Å². The van der Waals surface area contributed by atoms with Crippen molar-refractivity contribution in [2.45, 2.75) is 38.3 Å². The minimum Gasteiger partial charge on any atom is -0.481 e. The second-order valence-electron chi connectivity index (χ2n) is 5.52. The van der Waals surface area contributed by atoms with E-state index < -0.39 is 5.97 Å². The van der Waals surface area contributed by atoms with E-state index in [1.54, 1.807) is 9.80 Å². The van der Waals surface area contributed by atoms with Crippen molar-refractivity contribution in [3.8, 4) is 0 Å². The molecule has 2 rings (SSSR count). The molecule has 0 spiro atoms. The molecule has 0 saturated carbocycles. The second kappa shape index (κ2) is 5.77. The third-order valence-electron chi connectivity index (χ3n) is 4.16. The molecule has 2 aliphatic rings. The number of carbonyl (C=O) groups is 2. The van der Waals surface area contributed by atoms with Crippen LogP contribution in [0, 0.1) is 5.92 Å². The Morgan fingerprint density at radius 1 is 1.42 bits per heavy atom. The lowest BCUT2D eigenvalue weighted by atomic mass is 10.1. The number of likely N-dealkylation sites (N-methyl/N-ethyl adjacent to an activating group) is 1. The molecule has 6 heteroatoms. The predicted octanol–water partition coefficient (Wildman–Crippen LogP) is 1.01. The molecule has 2 heterocycles. The van der Waals surface area contributed by atoms with Crippen LogP contribution in [0.2, 0.25) is 0 Å². The van der Waals surface area contributed by atoms with Gasteiger partial charge >= 0.3 is 12.0 Å². The Kier molecular flexibility index (Phi) is 4.29. The molecular weight excluding hydrogens is 248 g/mol. The normalized spacial score (nSPS) is 30.6. The summed E-state index contributed by atoms with van der Waals surface area (Å²) in [6.07, 6.45) is 1.88. The van der Waals surface area contributed by atoms with Crippen LogP contribution in [0.3, 0.4) is 0 Å². The first-order valence-electron chi connectivity index (χ1n) is 6.84. The van der Waals surface area contributed by atoms with Crippen molar-refractivity contribution in [1.82, 2.24) is 9.80 Å². The van der Waals surface area contributed by atoms with E-state index in [0.717, 1.165) is 12.8 Å². The third kappa shape index (κ3) is 3.18. The lowest BCUT2D eigenvalue weighted by Crippen LogP contribution is -2.47. The van der Waals surface area contributed by atoms with Crippen molar-refractivity contribution in [2.75, 3.05) is 26.7 Å². The SMILES string of the molecule is CC1OCCC1N(C)C(=O)N1CCC(CC(=O)O)C1. The van der Waals surface area contributed by atoms with Gasteiger partial charge in [-0.15, -0.1) is 0 Å². The van der Waals surface area contributed by atoms with Crippen molar-refractivity contribution in [1.29, 1.82) is 0 Å². The van der Waals surface area contributed by atoms with Gasteiger partial charge in [0.25, 0.3) is 0 Å². The zero-order chi connectivity index (χ0) is 14.0. The highest BCUT2D eigenvalue weighted by Gasteiger charge is 2.35. The van der Waals surface area contributed by atoms with Crippen LogP contribution in [-0.2, 0) is 9.53 Å². The van der Waals surface area contributed by atoms with E-state index in [1.165, 1.54) is 0 Å². The number of urea groups is 1. The number of carbonyl (C=O) groups excluding carboxylic acids is 1. The zero-order valence-electron chi connectivity index (χ0n) is 11.5. The number of carboxylic acids is 1. The molecule has 1 N–H and O–H groups in total. The Morgan fingerprint density at radius 3 is 2.74 bits per heavy atom. The lowest BCUT2D eigenvalue weighted by Gasteiger charge is -2.31. The molecule has 3 unspecified atom stereocenters. The van der Waals surface area contributed by atoms with E-state index >= 15 is 0 Å². The van der Waals surface area contributed by atoms with Crippen LogP contribution in [0.1, 0.15) is 26.2 Å². The minimum atomic E-state index is -0.787. The van der Waals surface area contributed by atoms with Gasteiger partial charge in [0, 0.05) is 33.2 Å². The van der Waals surface area contributed by atoms with Crippen LogP contribution < -0.4 is 0 Å². The molecule has 0 aromatic carbocycles. The Bertz CT molecular complexity index is 361. The van der Waals surface area contributed by atoms with E-state index in [9.17, 15) is 9.59 Å². The average Bonchev–Trinajstić information content (AvgIpc) is 2.95. The van der Waals surface area contributed by atoms with E-state index in [2.05, 4.69) is 0 Å². The molecule has 0 aromatic rings. The first-order chi connectivity index (χ1) is 8.99. The summed E-state index contributed by atoms with van der Waals surface area (Å²) in [4.78, 5) is 26.6. The van der Waals surface area contributed by atoms with Gasteiger partial charge in [-0.2, -0.15) is 0 Å². The second-order valence-corrected chi connectivity index (χ2v) is 5.52. The van der Waals surface area contributed by atoms with Crippen molar-refractivity contribution >= 4 is 12.0 Å². The standard InChI is InChI=1S/C13H22N2O4/c1-9-11(4-6-19-9)14(2)13(18)15-5-3-10(8-15)7-12(16)17/h9-11H,3-8H2,1-2H3,(H,16,17). The maximum Gasteiger partial charge on any atom is 0.320 e. The fourth-order valence-corrected chi connectivity index (χ4v) is 3.01. The maximum atomic E-state index is 12.4. The van der Waals surface area contributed by atoms with Crippen LogP contribution in [0.4, 0.5) is 4.79 Å². The summed E-state index contributed by atoms with van der Waals surface area (Å²) in [5.74, 6) is -0.697. The Balaban J connectivity index is 1.88. The third-order valence-corrected chi connectivity index (χ3v) is 4.16. The molecule has 6 nitrogen and oxygen atoms in total. The highest BCUT2D eigenvalue weighted by Crippen LogP contribution is 2.24. The lowest BCUT2D eigenvalue weighted by molar-refractivity contribution is -0.138. The highest BCUT2D eigenvalue weighted by molar-refractivity contribution is 5.75. The van der Waals surface area contributed by atoms with Gasteiger partial charge in [-0.1, -0.05) is 0 Å². The molecule has 0 aromatic heterocycles. The number of carboxylic acid groups (broad SMARTS) is 1. The molecule has 2 aliphatic heterocycles. The molecule has 2 amide bonds. The summed E-state index contributed by atoms with van der Waals surface area (Å²) in [6.45, 7) is 3.89. The number of likely N-dealkylation sites (tertiary alicyclic amines) is 1. The summed E-state index contributed by atoms with van der Waals surface area (Å²) >= 11 is 0. The van der Waals surface area contributed by atoms with Gasteiger partial charge < -0.3 is 19.6 Å². The summed E-state index contributed by atoms with van der Waals surface area (Å²) < 4.78 is 5.48. The monoisotopic (exact) mass is 270 g/mol. The minimum absolute atomic E-state index is 0.00441. The summed E-state index contributed by atoms with van der Waals surface area (Å²) in [7, 11) is 1.81. The molecule has 108 valence electrons. The van der Waals surface area contributed by atoms with Crippen molar-refractivity contribution in [3.05, 3.63) is 0 Å². The van der Waals surface area contributed by atoms with Gasteiger partial charge in [-0.3, -0.25) is 4.79 Å². The maximum absolute atomic E-state index is 12.4. The van der Waals surface area contributed by atoms with Crippen molar-refractivity contribution < 1.29 is 19.4 Å². The molecule has 2 fully saturated rings. The summed E-state index contributed by atoms with van der Waals surface area (Å²) in [5, 5.41) is 8.78. The molecule has 2 saturated heterocycles. The Morgan fingerprint density at radius 2 is 2.16 bits per heavy atom. The molecular formula is C13H22N2O4. The van der Waals surface area contributed by atoms with Gasteiger partial charge in [0.1, 0.15) is 0 Å². The fourth-order valence-electron chi connectivity index (χ4n) is 3.01. The Hall–Kier alpha value is -1.30. The van der Waals surface area contributed by atoms with Crippen molar-refractivity contribution in [2.24, 2.45) is 5.92 Å². The molecule has 0 aliphatic carbocycles. The summed E-state index contributed by atoms with van der Waals surface area (Å²) in [5.41, 5.74) is 0. The summed E-state index contributed by atoms with van der Waals surface area (Å²) in [6, 6.07) is 0.126. The van der Waals surface area contributed by atoms with E-state index in [4.69, 9.17) is 9.84 Å². The van der Waals surface area contributed by atoms with E-state index in [1.807, 2.05) is 14.0 Å². The topological polar surface area (TPSA) is 70.1 Å². The van der Waals surface area contributed by atoms with Gasteiger partial charge in [-0.05, 0) is 25.7 Å². The van der Waals surface area contributed by atoms with E-state index in [0.29, 0.717) is 19.7 Å². The first-order valence-corrected chi connectivity index (χ1v) is 6.84. The average molecular weight is 270 g/mol. The number of hydrogen-bond acceptors (Lipinski definition) is 3. The molecule has 0 radical (unpaired) electrons. The van der Waals surface area contributed by atoms with E-state index in [-0.39, 0.29) is 30.5 Å². The van der Waals surface area contributed by atoms with Crippen LogP contribution in [0.25, 0.3) is 0 Å². The number of hydrogen-bond donors (Lipinski definition) is 1. The number of rotatable bonds is 3. The number of amides is 2. The zero-order valence-corrected chi connectivity index (χ0v) is 11.5. The van der Waals surface area contributed by atoms with Gasteiger partial charge in [-0.25, -0.2) is 4.79 Å². The fraction of sp³-hybridized carbons (Fsp3) is 0.846. The van der Waals surface area contributed by atoms with Gasteiger partial charge in [0.05, 0.1) is 12.1 Å². The predicted molar refractivity (Wildman–Crippen MR) is 68.9 cm³/mol. The molecule has 0 bridgehead atoms. The van der Waals surface area contributed by atoms with Crippen LogP contribution in [-0.4, -0.2) is 65.8 Å². The molecule has 3 atom stereocenters. The van der Waals surface area contributed by atoms with Gasteiger partial charge in [0.2, 0.25) is 0 Å². The quantitative estimate of drug-likeness (QED) is 0.831. The first kappa shape index (κ1) is 14.1. The number of nitrogens with zero attached hydrogens (tertiary/aromatic N) is 2. The number of aliphatic carboxylic acids is 1. The smallest absolute Gasteiger partial charge is 0.320 e. The highest BCUT2D eigenvalue weighted by atomic mass is 16.5. The van der Waals surface area contributed by atoms with Crippen molar-refractivity contribution in [3.63, 3.8) is 0 Å². The Labute approximate surface area is 113 Å². The largest absolute Gasteiger partial charge is 0.481 e. The van der Waals surface area contributed by atoms with Crippen LogP contribution in [0.5, 0.6) is 0 Å². The van der Waals surface area contributed by atoms with Gasteiger partial charge in [0.15, 0.2) is 0 Å². The molecule has 19 heavy (non-hydrogen) atoms. The van der Waals surface area contributed by atoms with Crippen LogP contribution in [0.15, 0.2) is 0 Å².